The number of nitrogens with one attached hydrogen (secondary N) is 1. The van der Waals surface area contributed by atoms with Gasteiger partial charge < -0.3 is 19.9 Å². The summed E-state index contributed by atoms with van der Waals surface area (Å²) in [5.41, 5.74) is 3.48. The molecule has 3 rings (SSSR count). The van der Waals surface area contributed by atoms with E-state index in [1.54, 1.807) is 19.2 Å². The van der Waals surface area contributed by atoms with Crippen molar-refractivity contribution < 1.29 is 23.9 Å². The largest absolute Gasteiger partial charge is 0.469 e. The number of hydrogen-bond acceptors (Lipinski definition) is 7. The number of benzene rings is 1. The third kappa shape index (κ3) is 8.92. The highest BCUT2D eigenvalue weighted by Gasteiger charge is 2.24. The maximum absolute atomic E-state index is 13.4. The summed E-state index contributed by atoms with van der Waals surface area (Å²) in [5.74, 6) is -1.01. The van der Waals surface area contributed by atoms with E-state index in [0.717, 1.165) is 42.8 Å². The molecule has 1 aromatic carbocycles. The summed E-state index contributed by atoms with van der Waals surface area (Å²) in [6.07, 6.45) is 3.07. The van der Waals surface area contributed by atoms with Crippen LogP contribution in [-0.2, 0) is 38.4 Å². The Kier molecular flexibility index (Phi) is 11.3. The van der Waals surface area contributed by atoms with Crippen LogP contribution in [0.4, 0.5) is 0 Å². The number of nitrogens with zero attached hydrogens (tertiary/aromatic N) is 2. The van der Waals surface area contributed by atoms with E-state index >= 15 is 0 Å². The van der Waals surface area contributed by atoms with Gasteiger partial charge >= 0.3 is 5.97 Å². The van der Waals surface area contributed by atoms with Crippen LogP contribution in [0, 0.1) is 0 Å². The molecule has 0 fully saturated rings. The van der Waals surface area contributed by atoms with Crippen LogP contribution in [-0.4, -0.2) is 80.2 Å². The molecule has 1 aliphatic heterocycles. The average Bonchev–Trinajstić information content (AvgIpc) is 3.25. The number of esters is 1. The van der Waals surface area contributed by atoms with Crippen LogP contribution in [0.2, 0.25) is 4.34 Å². The molecule has 2 aromatic rings. The first-order chi connectivity index (χ1) is 18.2. The van der Waals surface area contributed by atoms with Crippen LogP contribution in [0.15, 0.2) is 30.3 Å². The summed E-state index contributed by atoms with van der Waals surface area (Å²) in [6, 6.07) is 8.63. The van der Waals surface area contributed by atoms with Gasteiger partial charge in [-0.05, 0) is 61.6 Å². The van der Waals surface area contributed by atoms with Crippen molar-refractivity contribution in [1.29, 1.82) is 0 Å². The minimum atomic E-state index is -0.819. The predicted octanol–water partition coefficient (Wildman–Crippen LogP) is 3.53. The number of halogens is 1. The second-order valence-corrected chi connectivity index (χ2v) is 11.4. The number of ketones is 1. The van der Waals surface area contributed by atoms with E-state index in [2.05, 4.69) is 34.1 Å². The Hall–Kier alpha value is -2.75. The molecular formula is C28H36ClN3O5S. The van der Waals surface area contributed by atoms with Crippen LogP contribution >= 0.6 is 22.9 Å². The molecular weight excluding hydrogens is 526 g/mol. The number of rotatable bonds is 12. The topological polar surface area (TPSA) is 96.0 Å². The molecule has 1 aromatic heterocycles. The van der Waals surface area contributed by atoms with Crippen LogP contribution < -0.4 is 5.32 Å². The number of methoxy groups -OCH3 is 1. The summed E-state index contributed by atoms with van der Waals surface area (Å²) in [6.45, 7) is 2.38. The molecule has 0 unspecified atom stereocenters. The number of fused-ring (bicyclic) bond motifs is 1. The first-order valence-electron chi connectivity index (χ1n) is 12.8. The SMILES string of the molecule is COC(=O)CCCN(C)C(=O)CC[C@@H](NC(=O)c1ccc(Cl)s1)C(=O)Cc1ccc2c(c1)CCN(C)CC2. The van der Waals surface area contributed by atoms with Crippen LogP contribution in [0.25, 0.3) is 0 Å². The van der Waals surface area contributed by atoms with E-state index in [1.807, 2.05) is 6.07 Å². The molecule has 10 heteroatoms. The van der Waals surface area contributed by atoms with Gasteiger partial charge in [0.15, 0.2) is 5.78 Å². The van der Waals surface area contributed by atoms with Crippen molar-refractivity contribution in [2.75, 3.05) is 40.8 Å². The molecule has 206 valence electrons. The number of thiophene rings is 1. The zero-order valence-electron chi connectivity index (χ0n) is 22.3. The van der Waals surface area contributed by atoms with Gasteiger partial charge in [-0.3, -0.25) is 19.2 Å². The summed E-state index contributed by atoms with van der Waals surface area (Å²) in [5, 5.41) is 2.83. The van der Waals surface area contributed by atoms with E-state index in [1.165, 1.54) is 23.1 Å². The minimum absolute atomic E-state index is 0.0904. The van der Waals surface area contributed by atoms with Gasteiger partial charge in [0.05, 0.1) is 22.4 Å². The van der Waals surface area contributed by atoms with Crippen molar-refractivity contribution in [2.45, 2.75) is 51.0 Å². The second kappa shape index (κ2) is 14.4. The molecule has 38 heavy (non-hydrogen) atoms. The Balaban J connectivity index is 1.66. The lowest BCUT2D eigenvalue weighted by Crippen LogP contribution is -2.42. The van der Waals surface area contributed by atoms with Crippen molar-refractivity contribution in [1.82, 2.24) is 15.1 Å². The zero-order valence-corrected chi connectivity index (χ0v) is 23.8. The summed E-state index contributed by atoms with van der Waals surface area (Å²) in [7, 11) is 5.11. The fraction of sp³-hybridized carbons (Fsp3) is 0.500. The Morgan fingerprint density at radius 2 is 1.84 bits per heavy atom. The fourth-order valence-electron chi connectivity index (χ4n) is 4.45. The van der Waals surface area contributed by atoms with Crippen LogP contribution in [0.3, 0.4) is 0 Å². The number of carbonyl (C=O) groups excluding carboxylic acids is 4. The van der Waals surface area contributed by atoms with Crippen LogP contribution in [0.5, 0.6) is 0 Å². The molecule has 1 N–H and O–H groups in total. The molecule has 0 spiro atoms. The fourth-order valence-corrected chi connectivity index (χ4v) is 5.40. The molecule has 1 atom stereocenters. The van der Waals surface area contributed by atoms with Crippen molar-refractivity contribution in [2.24, 2.45) is 0 Å². The van der Waals surface area contributed by atoms with Gasteiger partial charge in [-0.2, -0.15) is 0 Å². The Bertz CT molecular complexity index is 1150. The first kappa shape index (κ1) is 29.8. The smallest absolute Gasteiger partial charge is 0.305 e. The van der Waals surface area contributed by atoms with Gasteiger partial charge in [-0.15, -0.1) is 11.3 Å². The Morgan fingerprint density at radius 3 is 2.53 bits per heavy atom. The molecule has 0 radical (unpaired) electrons. The lowest BCUT2D eigenvalue weighted by molar-refractivity contribution is -0.141. The normalized spacial score (nSPS) is 14.2. The first-order valence-corrected chi connectivity index (χ1v) is 14.0. The van der Waals surface area contributed by atoms with Gasteiger partial charge in [-0.1, -0.05) is 29.8 Å². The number of Topliss-reactive ketones (excluding diaryl/α,β-unsaturated/α-hetero) is 1. The van der Waals surface area contributed by atoms with E-state index in [4.69, 9.17) is 11.6 Å². The van der Waals surface area contributed by atoms with E-state index in [0.29, 0.717) is 22.2 Å². The highest BCUT2D eigenvalue weighted by Crippen LogP contribution is 2.22. The zero-order chi connectivity index (χ0) is 27.7. The molecule has 0 bridgehead atoms. The molecule has 0 aliphatic carbocycles. The number of hydrogen-bond donors (Lipinski definition) is 1. The molecule has 2 amide bonds. The van der Waals surface area contributed by atoms with Crippen molar-refractivity contribution in [3.8, 4) is 0 Å². The lowest BCUT2D eigenvalue weighted by atomic mass is 9.95. The number of likely N-dealkylation sites (N-methyl/N-ethyl adjacent to an activating group) is 1. The van der Waals surface area contributed by atoms with Crippen LogP contribution in [0.1, 0.15) is 52.0 Å². The highest BCUT2D eigenvalue weighted by atomic mass is 35.5. The molecule has 0 saturated heterocycles. The number of ether oxygens (including phenoxy) is 1. The van der Waals surface area contributed by atoms with Gasteiger partial charge in [0, 0.05) is 45.9 Å². The molecule has 0 saturated carbocycles. The van der Waals surface area contributed by atoms with Gasteiger partial charge in [0.25, 0.3) is 5.91 Å². The minimum Gasteiger partial charge on any atom is -0.469 e. The van der Waals surface area contributed by atoms with Gasteiger partial charge in [0.1, 0.15) is 0 Å². The highest BCUT2D eigenvalue weighted by molar-refractivity contribution is 7.18. The average molecular weight is 562 g/mol. The molecule has 2 heterocycles. The van der Waals surface area contributed by atoms with E-state index in [9.17, 15) is 19.2 Å². The second-order valence-electron chi connectivity index (χ2n) is 9.71. The Morgan fingerprint density at radius 1 is 1.11 bits per heavy atom. The molecule has 8 nitrogen and oxygen atoms in total. The third-order valence-corrected chi connectivity index (χ3v) is 8.07. The third-order valence-electron chi connectivity index (χ3n) is 6.84. The van der Waals surface area contributed by atoms with E-state index < -0.39 is 6.04 Å². The Labute approximate surface area is 233 Å². The molecule has 1 aliphatic rings. The number of carbonyl (C=O) groups is 4. The van der Waals surface area contributed by atoms with Crippen molar-refractivity contribution in [3.05, 3.63) is 56.2 Å². The maximum atomic E-state index is 13.4. The summed E-state index contributed by atoms with van der Waals surface area (Å²) in [4.78, 5) is 54.5. The summed E-state index contributed by atoms with van der Waals surface area (Å²) < 4.78 is 5.12. The van der Waals surface area contributed by atoms with Crippen molar-refractivity contribution >= 4 is 46.5 Å². The predicted molar refractivity (Wildman–Crippen MR) is 149 cm³/mol. The lowest BCUT2D eigenvalue weighted by Gasteiger charge is -2.21. The van der Waals surface area contributed by atoms with Gasteiger partial charge in [0.2, 0.25) is 5.91 Å². The quantitative estimate of drug-likeness (QED) is 0.398. The number of amides is 2. The monoisotopic (exact) mass is 561 g/mol. The standard InChI is InChI=1S/C28H36ClN3O5S/c1-31-15-12-20-7-6-19(17-21(20)13-16-31)18-23(33)22(30-28(36)24-9-10-25(29)38-24)8-11-26(34)32(2)14-4-5-27(35)37-3/h6-7,9-10,17,22H,4-5,8,11-16,18H2,1-3H3,(H,30,36)/t22-/m1/s1. The maximum Gasteiger partial charge on any atom is 0.305 e. The van der Waals surface area contributed by atoms with E-state index in [-0.39, 0.29) is 49.3 Å². The van der Waals surface area contributed by atoms with Gasteiger partial charge in [-0.25, -0.2) is 0 Å². The van der Waals surface area contributed by atoms with Crippen molar-refractivity contribution in [3.63, 3.8) is 0 Å². The summed E-state index contributed by atoms with van der Waals surface area (Å²) >= 11 is 7.13.